The molecule has 6 nitrogen and oxygen atoms in total. The third-order valence-electron chi connectivity index (χ3n) is 5.69. The summed E-state index contributed by atoms with van der Waals surface area (Å²) in [5.41, 5.74) is 20.4. The summed E-state index contributed by atoms with van der Waals surface area (Å²) in [6, 6.07) is 10.8. The van der Waals surface area contributed by atoms with Crippen LogP contribution < -0.4 is 22.1 Å². The first-order chi connectivity index (χ1) is 15.0. The van der Waals surface area contributed by atoms with Gasteiger partial charge in [-0.3, -0.25) is 9.59 Å². The first-order valence-corrected chi connectivity index (χ1v) is 10.4. The largest absolute Gasteiger partial charge is 0.399 e. The summed E-state index contributed by atoms with van der Waals surface area (Å²) in [7, 11) is 0. The van der Waals surface area contributed by atoms with E-state index in [4.69, 9.17) is 11.5 Å². The van der Waals surface area contributed by atoms with Gasteiger partial charge in [0.2, 0.25) is 0 Å². The Morgan fingerprint density at radius 1 is 0.531 bits per heavy atom. The zero-order chi connectivity index (χ0) is 23.7. The molecule has 3 aromatic rings. The Hall–Kier alpha value is -3.80. The van der Waals surface area contributed by atoms with E-state index in [2.05, 4.69) is 10.6 Å². The minimum absolute atomic E-state index is 0.251. The third-order valence-corrected chi connectivity index (χ3v) is 5.69. The Balaban J connectivity index is 1.98. The SMILES string of the molecule is Cc1cc(NC(=O)c2c(C)cc(N)cc2C)c(NC(=O)c2c(C)cc(N)cc2C)cc1C. The van der Waals surface area contributed by atoms with E-state index in [1.807, 2.05) is 53.7 Å². The van der Waals surface area contributed by atoms with Crippen molar-refractivity contribution >= 4 is 34.6 Å². The number of hydrogen-bond acceptors (Lipinski definition) is 4. The molecule has 0 saturated carbocycles. The van der Waals surface area contributed by atoms with E-state index in [1.165, 1.54) is 0 Å². The Kier molecular flexibility index (Phi) is 6.25. The van der Waals surface area contributed by atoms with E-state index in [1.54, 1.807) is 24.3 Å². The molecule has 0 fully saturated rings. The van der Waals surface area contributed by atoms with Crippen LogP contribution in [0.5, 0.6) is 0 Å². The molecular formula is C26H30N4O2. The molecule has 2 amide bonds. The molecule has 0 heterocycles. The first kappa shape index (κ1) is 22.9. The molecule has 0 aliphatic heterocycles. The van der Waals surface area contributed by atoms with Crippen molar-refractivity contribution in [1.29, 1.82) is 0 Å². The molecule has 0 atom stereocenters. The summed E-state index contributed by atoms with van der Waals surface area (Å²) in [5, 5.41) is 5.95. The second-order valence-electron chi connectivity index (χ2n) is 8.45. The highest BCUT2D eigenvalue weighted by Gasteiger charge is 2.19. The maximum Gasteiger partial charge on any atom is 0.256 e. The molecule has 0 aliphatic rings. The highest BCUT2D eigenvalue weighted by molar-refractivity contribution is 6.12. The second kappa shape index (κ2) is 8.75. The van der Waals surface area contributed by atoms with Crippen molar-refractivity contribution < 1.29 is 9.59 Å². The van der Waals surface area contributed by atoms with Crippen LogP contribution in [0.2, 0.25) is 0 Å². The molecule has 3 rings (SSSR count). The lowest BCUT2D eigenvalue weighted by molar-refractivity contribution is 0.101. The minimum Gasteiger partial charge on any atom is -0.399 e. The van der Waals surface area contributed by atoms with Crippen LogP contribution in [-0.4, -0.2) is 11.8 Å². The molecule has 6 N–H and O–H groups in total. The molecular weight excluding hydrogens is 400 g/mol. The van der Waals surface area contributed by atoms with Crippen LogP contribution in [0.4, 0.5) is 22.7 Å². The molecule has 0 unspecified atom stereocenters. The zero-order valence-electron chi connectivity index (χ0n) is 19.4. The quantitative estimate of drug-likeness (QED) is 0.426. The average molecular weight is 431 g/mol. The van der Waals surface area contributed by atoms with Gasteiger partial charge in [0.25, 0.3) is 11.8 Å². The third kappa shape index (κ3) is 4.59. The lowest BCUT2D eigenvalue weighted by Crippen LogP contribution is -2.20. The molecule has 6 heteroatoms. The van der Waals surface area contributed by atoms with Crippen LogP contribution in [0.25, 0.3) is 0 Å². The fraction of sp³-hybridized carbons (Fsp3) is 0.231. The monoisotopic (exact) mass is 430 g/mol. The standard InChI is InChI=1S/C26H30N4O2/c1-13-11-21(29-25(31)23-15(3)7-19(27)8-16(23)4)22(12-14(13)2)30-26(32)24-17(5)9-20(28)10-18(24)6/h7-12H,27-28H2,1-6H3,(H,29,31)(H,30,32). The van der Waals surface area contributed by atoms with Gasteiger partial charge < -0.3 is 22.1 Å². The number of amides is 2. The number of benzene rings is 3. The molecule has 32 heavy (non-hydrogen) atoms. The lowest BCUT2D eigenvalue weighted by Gasteiger charge is -2.18. The minimum atomic E-state index is -0.251. The molecule has 0 spiro atoms. The predicted molar refractivity (Wildman–Crippen MR) is 132 cm³/mol. The summed E-state index contributed by atoms with van der Waals surface area (Å²) in [4.78, 5) is 26.3. The van der Waals surface area contributed by atoms with Crippen LogP contribution in [-0.2, 0) is 0 Å². The van der Waals surface area contributed by atoms with Gasteiger partial charge >= 0.3 is 0 Å². The molecule has 0 saturated heterocycles. The number of nitrogens with two attached hydrogens (primary N) is 2. The molecule has 0 aromatic heterocycles. The van der Waals surface area contributed by atoms with Gasteiger partial charge in [0, 0.05) is 22.5 Å². The van der Waals surface area contributed by atoms with Crippen molar-refractivity contribution in [1.82, 2.24) is 0 Å². The normalized spacial score (nSPS) is 10.7. The fourth-order valence-electron chi connectivity index (χ4n) is 4.10. The van der Waals surface area contributed by atoms with E-state index in [0.717, 1.165) is 33.4 Å². The maximum atomic E-state index is 13.1. The van der Waals surface area contributed by atoms with Crippen molar-refractivity contribution in [2.24, 2.45) is 0 Å². The van der Waals surface area contributed by atoms with E-state index in [-0.39, 0.29) is 11.8 Å². The van der Waals surface area contributed by atoms with Crippen LogP contribution in [0.3, 0.4) is 0 Å². The number of nitrogen functional groups attached to an aromatic ring is 2. The van der Waals surface area contributed by atoms with Gasteiger partial charge in [0.1, 0.15) is 0 Å². The Bertz CT molecular complexity index is 1100. The Morgan fingerprint density at radius 2 is 0.812 bits per heavy atom. The maximum absolute atomic E-state index is 13.1. The molecule has 0 bridgehead atoms. The van der Waals surface area contributed by atoms with Crippen molar-refractivity contribution in [3.05, 3.63) is 80.9 Å². The van der Waals surface area contributed by atoms with Gasteiger partial charge in [0.05, 0.1) is 11.4 Å². The van der Waals surface area contributed by atoms with Crippen molar-refractivity contribution in [2.45, 2.75) is 41.5 Å². The van der Waals surface area contributed by atoms with Gasteiger partial charge in [-0.25, -0.2) is 0 Å². The number of carbonyl (C=O) groups excluding carboxylic acids is 2. The van der Waals surface area contributed by atoms with Gasteiger partial charge in [-0.05, 0) is 111 Å². The smallest absolute Gasteiger partial charge is 0.256 e. The summed E-state index contributed by atoms with van der Waals surface area (Å²) in [6.07, 6.45) is 0. The van der Waals surface area contributed by atoms with E-state index in [0.29, 0.717) is 33.9 Å². The number of hydrogen-bond donors (Lipinski definition) is 4. The number of rotatable bonds is 4. The highest BCUT2D eigenvalue weighted by atomic mass is 16.2. The van der Waals surface area contributed by atoms with E-state index < -0.39 is 0 Å². The Labute approximate surface area is 189 Å². The van der Waals surface area contributed by atoms with E-state index >= 15 is 0 Å². The highest BCUT2D eigenvalue weighted by Crippen LogP contribution is 2.29. The van der Waals surface area contributed by atoms with Crippen molar-refractivity contribution in [2.75, 3.05) is 22.1 Å². The van der Waals surface area contributed by atoms with Crippen LogP contribution in [0, 0.1) is 41.5 Å². The van der Waals surface area contributed by atoms with Crippen LogP contribution >= 0.6 is 0 Å². The topological polar surface area (TPSA) is 110 Å². The van der Waals surface area contributed by atoms with Gasteiger partial charge in [-0.2, -0.15) is 0 Å². The van der Waals surface area contributed by atoms with Gasteiger partial charge in [-0.1, -0.05) is 0 Å². The van der Waals surface area contributed by atoms with Crippen molar-refractivity contribution in [3.8, 4) is 0 Å². The van der Waals surface area contributed by atoms with Gasteiger partial charge in [-0.15, -0.1) is 0 Å². The van der Waals surface area contributed by atoms with Crippen LogP contribution in [0.1, 0.15) is 54.1 Å². The zero-order valence-corrected chi connectivity index (χ0v) is 19.4. The molecule has 166 valence electrons. The summed E-state index contributed by atoms with van der Waals surface area (Å²) in [5.74, 6) is -0.503. The predicted octanol–water partition coefficient (Wildman–Crippen LogP) is 5.21. The van der Waals surface area contributed by atoms with E-state index in [9.17, 15) is 9.59 Å². The Morgan fingerprint density at radius 3 is 1.09 bits per heavy atom. The summed E-state index contributed by atoms with van der Waals surface area (Å²) >= 11 is 0. The summed E-state index contributed by atoms with van der Waals surface area (Å²) < 4.78 is 0. The average Bonchev–Trinajstić information content (AvgIpc) is 2.64. The molecule has 0 radical (unpaired) electrons. The molecule has 3 aromatic carbocycles. The fourth-order valence-corrected chi connectivity index (χ4v) is 4.10. The first-order valence-electron chi connectivity index (χ1n) is 10.4. The lowest BCUT2D eigenvalue weighted by atomic mass is 10.00. The second-order valence-corrected chi connectivity index (χ2v) is 8.45. The number of nitrogens with one attached hydrogen (secondary N) is 2. The number of anilines is 4. The number of aryl methyl sites for hydroxylation is 6. The van der Waals surface area contributed by atoms with Gasteiger partial charge in [0.15, 0.2) is 0 Å². The van der Waals surface area contributed by atoms with Crippen molar-refractivity contribution in [3.63, 3.8) is 0 Å². The summed E-state index contributed by atoms with van der Waals surface area (Å²) in [6.45, 7) is 11.3. The number of carbonyl (C=O) groups is 2. The molecule has 0 aliphatic carbocycles. The van der Waals surface area contributed by atoms with Crippen LogP contribution in [0.15, 0.2) is 36.4 Å².